The largest absolute Gasteiger partial charge is 0.393 e. The summed E-state index contributed by atoms with van der Waals surface area (Å²) in [6, 6.07) is 6.32. The van der Waals surface area contributed by atoms with Gasteiger partial charge >= 0.3 is 0 Å². The van der Waals surface area contributed by atoms with Gasteiger partial charge in [-0.05, 0) is 209 Å². The number of amides is 2. The predicted octanol–water partition coefficient (Wildman–Crippen LogP) is 13.3. The van der Waals surface area contributed by atoms with Crippen LogP contribution in [-0.4, -0.2) is 134 Å². The van der Waals surface area contributed by atoms with Gasteiger partial charge in [-0.3, -0.25) is 9.59 Å². The monoisotopic (exact) mass is 1260 g/mol. The second-order valence-corrected chi connectivity index (χ2v) is 34.6. The molecule has 4 saturated heterocycles. The Morgan fingerprint density at radius 2 is 1.14 bits per heavy atom. The number of ether oxygens (including phenoxy) is 2. The number of carbonyl (C=O) groups excluding carboxylic acids is 2. The number of piperidine rings is 2. The highest BCUT2D eigenvalue weighted by Crippen LogP contribution is 2.67. The number of nitrogens with zero attached hydrogens (tertiary/aromatic N) is 3. The zero-order chi connectivity index (χ0) is 60.2. The summed E-state index contributed by atoms with van der Waals surface area (Å²) in [6.45, 7) is 22.3. The molecule has 8 fully saturated rings. The summed E-state index contributed by atoms with van der Waals surface area (Å²) in [5, 5.41) is 21.8. The molecule has 0 bridgehead atoms. The molecule has 12 aliphatic rings. The lowest BCUT2D eigenvalue weighted by molar-refractivity contribution is -0.139. The first-order chi connectivity index (χ1) is 40.8. The molecule has 4 aliphatic heterocycles. The van der Waals surface area contributed by atoms with Gasteiger partial charge in [0.2, 0.25) is 11.8 Å². The lowest BCUT2D eigenvalue weighted by atomic mass is 9.56. The Morgan fingerprint density at radius 3 is 1.59 bits per heavy atom. The third-order valence-electron chi connectivity index (χ3n) is 24.6. The van der Waals surface area contributed by atoms with E-state index in [4.69, 9.17) is 20.9 Å². The molecule has 16 heteroatoms. The SMILES string of the molecule is CC1=C2C[C@H]3[C@@H](CC=C4C[C@@H](O)CC[C@@]43C)[C@@H]2CC[C@]12O[C@@H]1C[C@H](C)CN(C(=O)CCSSCCN)[C@H]1[C@H]2C.CC1=C2C[C@H]3[C@@H](CC=C4C[C@@H](O)CC[C@@]43C)[C@@H]2CC[C@]12O[C@@H]1C[C@H](C)CN(C(=O)CCSSc3ccccn3)[C@H]1[C@H]2C.NCCS. The van der Waals surface area contributed by atoms with Gasteiger partial charge < -0.3 is 41.0 Å². The zero-order valence-corrected chi connectivity index (χ0v) is 56.9. The van der Waals surface area contributed by atoms with Crippen molar-refractivity contribution in [2.24, 2.45) is 81.5 Å². The lowest BCUT2D eigenvalue weighted by Crippen LogP contribution is -2.54. The average Bonchev–Trinajstić information content (AvgIpc) is 1.60. The van der Waals surface area contributed by atoms with Crippen molar-refractivity contribution in [3.8, 4) is 0 Å². The van der Waals surface area contributed by atoms with E-state index in [-0.39, 0.29) is 64.4 Å². The van der Waals surface area contributed by atoms with Gasteiger partial charge in [0, 0.05) is 80.1 Å². The van der Waals surface area contributed by atoms with Gasteiger partial charge in [0.05, 0.1) is 47.7 Å². The van der Waals surface area contributed by atoms with Crippen molar-refractivity contribution in [2.45, 2.75) is 224 Å². The Morgan fingerprint density at radius 1 is 0.671 bits per heavy atom. The second-order valence-electron chi connectivity index (χ2n) is 29.0. The zero-order valence-electron chi connectivity index (χ0n) is 52.7. The van der Waals surface area contributed by atoms with Gasteiger partial charge in [0.25, 0.3) is 0 Å². The smallest absolute Gasteiger partial charge is 0.223 e. The summed E-state index contributed by atoms with van der Waals surface area (Å²) >= 11 is 3.80. The standard InChI is InChI=1S/C35H48N2O3S2.C32H50N2O3S2.C2H7NS/c1-21-17-30-33(37(20-21)32(39)12-16-41-42-31-7-5-6-15-36-31)23(3)35(40-30)14-11-26-27-9-8-24-18-25(38)10-13-34(24,4)29(27)19-28(26)22(35)2;1-19-15-28-30(34(18-19)29(36)9-13-38-39-14-12-33)21(3)32(37-28)11-8-24-25-6-5-22-16-23(35)7-10-31(22,4)27(25)17-26(24)20(32)2;3-1-2-4/h5-8,15,21,23,25-27,29-30,33,38H,9-14,16-20H2,1-4H3;5,19,21,23-25,27-28,30,35H,6-18,33H2,1-4H3;4H,1-3H2/t21-,23+,25-,26-,27-,29-,30+,33-,34-,35-;19-,21+,23-,24-,25-,27-,28+,30-,31-,32-;/m00./s1. The van der Waals surface area contributed by atoms with Crippen molar-refractivity contribution >= 4 is 67.6 Å². The van der Waals surface area contributed by atoms with Crippen LogP contribution in [0.3, 0.4) is 0 Å². The lowest BCUT2D eigenvalue weighted by Gasteiger charge is -2.49. The van der Waals surface area contributed by atoms with Crippen LogP contribution in [0.2, 0.25) is 0 Å². The van der Waals surface area contributed by atoms with Crippen LogP contribution < -0.4 is 11.5 Å². The number of hydrogen-bond donors (Lipinski definition) is 5. The molecule has 1 aromatic heterocycles. The molecule has 85 heavy (non-hydrogen) atoms. The first kappa shape index (κ1) is 65.1. The minimum absolute atomic E-state index is 0.129. The number of likely N-dealkylation sites (tertiary alicyclic amines) is 2. The van der Waals surface area contributed by atoms with Crippen molar-refractivity contribution in [1.29, 1.82) is 0 Å². The van der Waals surface area contributed by atoms with E-state index in [2.05, 4.69) is 95.0 Å². The van der Waals surface area contributed by atoms with E-state index < -0.39 is 0 Å². The maximum absolute atomic E-state index is 13.7. The molecule has 13 rings (SSSR count). The number of pyridine rings is 1. The number of rotatable bonds is 12. The molecule has 1 aromatic rings. The minimum atomic E-state index is -0.235. The van der Waals surface area contributed by atoms with E-state index in [0.717, 1.165) is 117 Å². The number of fused-ring (bicyclic) bond motifs is 12. The Hall–Kier alpha value is -1.44. The number of hydrogen-bond acceptors (Lipinski definition) is 14. The van der Waals surface area contributed by atoms with Gasteiger partial charge in [-0.15, -0.1) is 0 Å². The highest BCUT2D eigenvalue weighted by atomic mass is 33.1. The van der Waals surface area contributed by atoms with Crippen LogP contribution in [0.4, 0.5) is 0 Å². The summed E-state index contributed by atoms with van der Waals surface area (Å²) in [6.07, 6.45) is 25.4. The first-order valence-electron chi connectivity index (χ1n) is 33.4. The molecule has 4 saturated carbocycles. The van der Waals surface area contributed by atoms with Crippen LogP contribution in [0, 0.1) is 70.0 Å². The normalized spacial score (nSPS) is 42.1. The van der Waals surface area contributed by atoms with Gasteiger partial charge in [0.15, 0.2) is 0 Å². The molecule has 8 aliphatic carbocycles. The predicted molar refractivity (Wildman–Crippen MR) is 356 cm³/mol. The Bertz CT molecular complexity index is 2690. The molecule has 11 nitrogen and oxygen atoms in total. The quantitative estimate of drug-likeness (QED) is 0.0582. The van der Waals surface area contributed by atoms with E-state index in [1.54, 1.807) is 54.3 Å². The first-order valence-corrected chi connectivity index (χ1v) is 38.8. The van der Waals surface area contributed by atoms with E-state index >= 15 is 0 Å². The van der Waals surface area contributed by atoms with E-state index in [0.29, 0.717) is 79.2 Å². The average molecular weight is 1260 g/mol. The van der Waals surface area contributed by atoms with Crippen molar-refractivity contribution in [2.75, 3.05) is 49.2 Å². The summed E-state index contributed by atoms with van der Waals surface area (Å²) in [7, 11) is 6.94. The fourth-order valence-electron chi connectivity index (χ4n) is 20.4. The van der Waals surface area contributed by atoms with Gasteiger partial charge in [-0.2, -0.15) is 12.6 Å². The fraction of sp³-hybridized carbons (Fsp3) is 0.783. The van der Waals surface area contributed by atoms with Crippen LogP contribution in [0.5, 0.6) is 0 Å². The van der Waals surface area contributed by atoms with Crippen LogP contribution in [-0.2, 0) is 19.1 Å². The molecule has 5 heterocycles. The van der Waals surface area contributed by atoms with Crippen molar-refractivity contribution < 1.29 is 29.3 Å². The van der Waals surface area contributed by atoms with E-state index in [1.807, 2.05) is 24.4 Å². The molecule has 472 valence electrons. The van der Waals surface area contributed by atoms with Crippen LogP contribution in [0.15, 0.2) is 75.0 Å². The highest BCUT2D eigenvalue weighted by molar-refractivity contribution is 8.77. The summed E-state index contributed by atoms with van der Waals surface area (Å²) in [5.41, 5.74) is 20.1. The Balaban J connectivity index is 0.000000167. The third kappa shape index (κ3) is 12.2. The van der Waals surface area contributed by atoms with E-state index in [9.17, 15) is 19.8 Å². The molecule has 0 unspecified atom stereocenters. The molecular weight excluding hydrogens is 1160 g/mol. The van der Waals surface area contributed by atoms with Crippen molar-refractivity contribution in [3.63, 3.8) is 0 Å². The maximum atomic E-state index is 13.7. The summed E-state index contributed by atoms with van der Waals surface area (Å²) in [5.74, 6) is 9.74. The number of aliphatic hydroxyl groups is 2. The van der Waals surface area contributed by atoms with E-state index in [1.165, 1.54) is 60.8 Å². The number of allylic oxidation sites excluding steroid dienone is 4. The minimum Gasteiger partial charge on any atom is -0.393 e. The third-order valence-corrected chi connectivity index (χ3v) is 29.6. The van der Waals surface area contributed by atoms with Crippen LogP contribution in [0.25, 0.3) is 0 Å². The number of aliphatic hydroxyl groups excluding tert-OH is 2. The maximum Gasteiger partial charge on any atom is 0.223 e. The summed E-state index contributed by atoms with van der Waals surface area (Å²) < 4.78 is 14.5. The van der Waals surface area contributed by atoms with Gasteiger partial charge in [0.1, 0.15) is 5.03 Å². The second kappa shape index (κ2) is 27.0. The molecule has 0 radical (unpaired) electrons. The van der Waals surface area contributed by atoms with Gasteiger partial charge in [-0.25, -0.2) is 4.98 Å². The molecule has 6 N–H and O–H groups in total. The highest BCUT2D eigenvalue weighted by Gasteiger charge is 2.64. The van der Waals surface area contributed by atoms with Crippen molar-refractivity contribution in [3.05, 3.63) is 70.0 Å². The van der Waals surface area contributed by atoms with Crippen LogP contribution in [0.1, 0.15) is 171 Å². The van der Waals surface area contributed by atoms with Crippen molar-refractivity contribution in [1.82, 2.24) is 14.8 Å². The molecule has 2 spiro atoms. The van der Waals surface area contributed by atoms with Gasteiger partial charge in [-0.1, -0.05) is 114 Å². The number of aromatic nitrogens is 1. The number of thiol groups is 1. The molecular formula is C69H105N5O6S5. The molecule has 0 aromatic carbocycles. The molecule has 20 atom stereocenters. The Kier molecular flexibility index (Phi) is 20.7. The number of nitrogens with two attached hydrogens (primary N) is 2. The van der Waals surface area contributed by atoms with Crippen LogP contribution >= 0.6 is 55.8 Å². The number of carbonyl (C=O) groups is 2. The fourth-order valence-corrected chi connectivity index (χ4v) is 24.1. The summed E-state index contributed by atoms with van der Waals surface area (Å²) in [4.78, 5) is 36.1. The molecule has 2 amide bonds. The topological polar surface area (TPSA) is 164 Å². The Labute approximate surface area is 532 Å².